The van der Waals surface area contributed by atoms with Crippen LogP contribution in [0.4, 0.5) is 17.6 Å². The summed E-state index contributed by atoms with van der Waals surface area (Å²) in [5, 5.41) is 3.00. The fraction of sp³-hybridized carbons (Fsp3) is 0.538. The molecular weight excluding hydrogens is 276 g/mol. The molecule has 0 saturated carbocycles. The first-order valence-electron chi connectivity index (χ1n) is 6.28. The molecule has 0 unspecified atom stereocenters. The average molecular weight is 292 g/mol. The molecule has 0 radical (unpaired) electrons. The van der Waals surface area contributed by atoms with Gasteiger partial charge in [-0.15, -0.1) is 0 Å². The van der Waals surface area contributed by atoms with Gasteiger partial charge in [0, 0.05) is 31.7 Å². The van der Waals surface area contributed by atoms with E-state index in [1.807, 2.05) is 0 Å². The van der Waals surface area contributed by atoms with Crippen molar-refractivity contribution < 1.29 is 22.3 Å². The fourth-order valence-corrected chi connectivity index (χ4v) is 2.44. The van der Waals surface area contributed by atoms with Gasteiger partial charge in [0.2, 0.25) is 0 Å². The Morgan fingerprint density at radius 2 is 1.90 bits per heavy atom. The van der Waals surface area contributed by atoms with Crippen molar-refractivity contribution in [1.82, 2.24) is 10.2 Å². The van der Waals surface area contributed by atoms with Gasteiger partial charge in [0.1, 0.15) is 17.6 Å². The average Bonchev–Trinajstić information content (AvgIpc) is 2.39. The lowest BCUT2D eigenvalue weighted by Crippen LogP contribution is -2.49. The zero-order chi connectivity index (χ0) is 14.8. The summed E-state index contributed by atoms with van der Waals surface area (Å²) >= 11 is 0. The molecule has 0 spiro atoms. The second-order valence-corrected chi connectivity index (χ2v) is 4.62. The largest absolute Gasteiger partial charge is 0.496 e. The van der Waals surface area contributed by atoms with Crippen LogP contribution in [-0.4, -0.2) is 44.4 Å². The van der Waals surface area contributed by atoms with E-state index in [9.17, 15) is 17.6 Å². The Hall–Kier alpha value is -1.34. The number of piperazine rings is 1. The second-order valence-electron chi connectivity index (χ2n) is 4.62. The topological polar surface area (TPSA) is 24.5 Å². The molecule has 1 fully saturated rings. The Balaban J connectivity index is 2.43. The van der Waals surface area contributed by atoms with E-state index in [4.69, 9.17) is 4.74 Å². The summed E-state index contributed by atoms with van der Waals surface area (Å²) in [6.07, 6.45) is -4.49. The van der Waals surface area contributed by atoms with Crippen molar-refractivity contribution in [3.8, 4) is 5.75 Å². The zero-order valence-electron chi connectivity index (χ0n) is 11.0. The summed E-state index contributed by atoms with van der Waals surface area (Å²) in [6.45, 7) is 1.46. The molecule has 1 aliphatic rings. The maximum Gasteiger partial charge on any atom is 0.408 e. The van der Waals surface area contributed by atoms with Crippen molar-refractivity contribution in [1.29, 1.82) is 0 Å². The molecular formula is C13H16F4N2O. The van der Waals surface area contributed by atoms with Crippen molar-refractivity contribution in [3.63, 3.8) is 0 Å². The van der Waals surface area contributed by atoms with Gasteiger partial charge in [0.25, 0.3) is 0 Å². The lowest BCUT2D eigenvalue weighted by Gasteiger charge is -2.36. The highest BCUT2D eigenvalue weighted by Crippen LogP contribution is 2.41. The number of hydrogen-bond donors (Lipinski definition) is 1. The molecule has 20 heavy (non-hydrogen) atoms. The lowest BCUT2D eigenvalue weighted by molar-refractivity contribution is -0.188. The van der Waals surface area contributed by atoms with Crippen molar-refractivity contribution in [2.75, 3.05) is 33.3 Å². The summed E-state index contributed by atoms with van der Waals surface area (Å²) in [5.74, 6) is -0.655. The van der Waals surface area contributed by atoms with Gasteiger partial charge in [-0.2, -0.15) is 13.2 Å². The molecule has 1 saturated heterocycles. The Morgan fingerprint density at radius 3 is 2.45 bits per heavy atom. The van der Waals surface area contributed by atoms with Crippen LogP contribution in [0.5, 0.6) is 5.75 Å². The minimum Gasteiger partial charge on any atom is -0.496 e. The summed E-state index contributed by atoms with van der Waals surface area (Å²) in [7, 11) is 1.28. The number of nitrogens with one attached hydrogen (secondary N) is 1. The molecule has 112 valence electrons. The molecule has 1 N–H and O–H groups in total. The van der Waals surface area contributed by atoms with Crippen molar-refractivity contribution in [3.05, 3.63) is 29.6 Å². The monoisotopic (exact) mass is 292 g/mol. The Kier molecular flexibility index (Phi) is 4.49. The maximum atomic E-state index is 13.4. The molecule has 1 aliphatic heterocycles. The molecule has 0 aromatic heterocycles. The molecule has 1 aromatic rings. The number of hydrogen-bond acceptors (Lipinski definition) is 3. The van der Waals surface area contributed by atoms with E-state index in [1.54, 1.807) is 0 Å². The van der Waals surface area contributed by atoms with Crippen LogP contribution >= 0.6 is 0 Å². The van der Waals surface area contributed by atoms with Gasteiger partial charge in [0.15, 0.2) is 0 Å². The number of ether oxygens (including phenoxy) is 1. The summed E-state index contributed by atoms with van der Waals surface area (Å²) < 4.78 is 58.5. The maximum absolute atomic E-state index is 13.4. The van der Waals surface area contributed by atoms with E-state index in [0.717, 1.165) is 12.1 Å². The van der Waals surface area contributed by atoms with Gasteiger partial charge < -0.3 is 10.1 Å². The van der Waals surface area contributed by atoms with E-state index in [0.29, 0.717) is 13.1 Å². The van der Waals surface area contributed by atoms with Gasteiger partial charge in [-0.25, -0.2) is 4.39 Å². The van der Waals surface area contributed by atoms with E-state index in [-0.39, 0.29) is 24.4 Å². The first kappa shape index (κ1) is 15.1. The Labute approximate surface area is 114 Å². The van der Waals surface area contributed by atoms with Crippen LogP contribution in [0.15, 0.2) is 18.2 Å². The van der Waals surface area contributed by atoms with Crippen molar-refractivity contribution in [2.24, 2.45) is 0 Å². The highest BCUT2D eigenvalue weighted by atomic mass is 19.4. The third-order valence-corrected chi connectivity index (χ3v) is 3.31. The minimum absolute atomic E-state index is 0.0484. The highest BCUT2D eigenvalue weighted by molar-refractivity contribution is 5.37. The number of nitrogens with zero attached hydrogens (tertiary/aromatic N) is 1. The number of methoxy groups -OCH3 is 1. The fourth-order valence-electron chi connectivity index (χ4n) is 2.44. The SMILES string of the molecule is COc1ccc(F)cc1[C@H](N1CCNCC1)C(F)(F)F. The van der Waals surface area contributed by atoms with E-state index in [1.165, 1.54) is 18.1 Å². The highest BCUT2D eigenvalue weighted by Gasteiger charge is 2.46. The van der Waals surface area contributed by atoms with Crippen LogP contribution < -0.4 is 10.1 Å². The zero-order valence-corrected chi connectivity index (χ0v) is 11.0. The molecule has 3 nitrogen and oxygen atoms in total. The number of alkyl halides is 3. The van der Waals surface area contributed by atoms with Crippen molar-refractivity contribution in [2.45, 2.75) is 12.2 Å². The third-order valence-electron chi connectivity index (χ3n) is 3.31. The number of benzene rings is 1. The van der Waals surface area contributed by atoms with Crippen LogP contribution in [0.1, 0.15) is 11.6 Å². The van der Waals surface area contributed by atoms with Crippen LogP contribution in [0.2, 0.25) is 0 Å². The lowest BCUT2D eigenvalue weighted by atomic mass is 10.0. The van der Waals surface area contributed by atoms with Gasteiger partial charge in [-0.3, -0.25) is 4.90 Å². The van der Waals surface area contributed by atoms with Gasteiger partial charge in [-0.05, 0) is 18.2 Å². The molecule has 7 heteroatoms. The summed E-state index contributed by atoms with van der Waals surface area (Å²) in [5.41, 5.74) is -0.179. The molecule has 0 bridgehead atoms. The Morgan fingerprint density at radius 1 is 1.25 bits per heavy atom. The third kappa shape index (κ3) is 3.21. The summed E-state index contributed by atoms with van der Waals surface area (Å²) in [6, 6.07) is 1.37. The van der Waals surface area contributed by atoms with E-state index >= 15 is 0 Å². The van der Waals surface area contributed by atoms with Crippen LogP contribution in [-0.2, 0) is 0 Å². The standard InChI is InChI=1S/C13H16F4N2O/c1-20-11-3-2-9(14)8-10(11)12(13(15,16)17)19-6-4-18-5-7-19/h2-3,8,12,18H,4-7H2,1H3/t12-/m0/s1. The molecule has 0 aliphatic carbocycles. The van der Waals surface area contributed by atoms with Gasteiger partial charge in [0.05, 0.1) is 7.11 Å². The first-order valence-corrected chi connectivity index (χ1v) is 6.28. The quantitative estimate of drug-likeness (QED) is 0.866. The second kappa shape index (κ2) is 5.97. The normalized spacial score (nSPS) is 18.9. The molecule has 2 rings (SSSR count). The van der Waals surface area contributed by atoms with Gasteiger partial charge in [-0.1, -0.05) is 0 Å². The predicted molar refractivity (Wildman–Crippen MR) is 66.2 cm³/mol. The smallest absolute Gasteiger partial charge is 0.408 e. The first-order chi connectivity index (χ1) is 9.43. The number of halogens is 4. The van der Waals surface area contributed by atoms with Crippen molar-refractivity contribution >= 4 is 0 Å². The van der Waals surface area contributed by atoms with Gasteiger partial charge >= 0.3 is 6.18 Å². The predicted octanol–water partition coefficient (Wildman–Crippen LogP) is 2.34. The molecule has 1 atom stereocenters. The number of rotatable bonds is 3. The molecule has 1 aromatic carbocycles. The van der Waals surface area contributed by atoms with Crippen LogP contribution in [0.3, 0.4) is 0 Å². The summed E-state index contributed by atoms with van der Waals surface area (Å²) in [4.78, 5) is 1.30. The minimum atomic E-state index is -4.49. The van der Waals surface area contributed by atoms with Crippen LogP contribution in [0, 0.1) is 5.82 Å². The van der Waals surface area contributed by atoms with Crippen LogP contribution in [0.25, 0.3) is 0 Å². The Bertz CT molecular complexity index is 458. The molecule has 0 amide bonds. The molecule has 1 heterocycles. The van der Waals surface area contributed by atoms with E-state index in [2.05, 4.69) is 5.32 Å². The van der Waals surface area contributed by atoms with E-state index < -0.39 is 18.0 Å².